The third kappa shape index (κ3) is 3.79. The van der Waals surface area contributed by atoms with Gasteiger partial charge in [-0.1, -0.05) is 13.8 Å². The van der Waals surface area contributed by atoms with E-state index in [4.69, 9.17) is 4.74 Å². The van der Waals surface area contributed by atoms with Crippen molar-refractivity contribution in [3.63, 3.8) is 0 Å². The zero-order chi connectivity index (χ0) is 18.8. The Morgan fingerprint density at radius 3 is 2.54 bits per heavy atom. The Morgan fingerprint density at radius 1 is 1.23 bits per heavy atom. The van der Waals surface area contributed by atoms with Gasteiger partial charge >= 0.3 is 12.6 Å². The number of nitrogens with zero attached hydrogens (tertiary/aromatic N) is 3. The number of benzene rings is 1. The summed E-state index contributed by atoms with van der Waals surface area (Å²) in [6, 6.07) is 5.71. The third-order valence-electron chi connectivity index (χ3n) is 3.67. The molecule has 8 heteroatoms. The van der Waals surface area contributed by atoms with E-state index in [-0.39, 0.29) is 23.3 Å². The number of carbonyl (C=O) groups is 1. The normalized spacial score (nSPS) is 15.7. The molecule has 0 aliphatic carbocycles. The molecule has 2 heterocycles. The molecule has 1 aliphatic heterocycles. The maximum Gasteiger partial charge on any atom is 0.387 e. The Kier molecular flexibility index (Phi) is 4.83. The smallest absolute Gasteiger partial charge is 0.387 e. The topological polar surface area (TPSA) is 65.7 Å². The van der Waals surface area contributed by atoms with Crippen molar-refractivity contribution in [2.75, 3.05) is 0 Å². The lowest BCUT2D eigenvalue weighted by molar-refractivity contribution is -0.129. The average Bonchev–Trinajstić information content (AvgIpc) is 3.11. The predicted molar refractivity (Wildman–Crippen MR) is 91.0 cm³/mol. The number of rotatable bonds is 5. The van der Waals surface area contributed by atoms with Crippen molar-refractivity contribution in [2.24, 2.45) is 12.0 Å². The molecule has 3 rings (SSSR count). The van der Waals surface area contributed by atoms with E-state index in [1.165, 1.54) is 24.3 Å². The molecule has 0 amide bonds. The maximum absolute atomic E-state index is 12.2. The van der Waals surface area contributed by atoms with Crippen LogP contribution in [-0.2, 0) is 16.6 Å². The fourth-order valence-corrected chi connectivity index (χ4v) is 2.54. The van der Waals surface area contributed by atoms with Gasteiger partial charge in [-0.15, -0.1) is 0 Å². The molecule has 0 saturated heterocycles. The first-order valence-electron chi connectivity index (χ1n) is 7.95. The minimum atomic E-state index is -2.90. The number of halogens is 2. The van der Waals surface area contributed by atoms with E-state index in [9.17, 15) is 13.6 Å². The summed E-state index contributed by atoms with van der Waals surface area (Å²) in [6.45, 7) is 1.12. The minimum Gasteiger partial charge on any atom is -0.435 e. The molecule has 2 aromatic rings. The number of aliphatic imine (C=N–C) groups is 1. The van der Waals surface area contributed by atoms with Gasteiger partial charge in [0.25, 0.3) is 0 Å². The molecule has 1 aromatic carbocycles. The number of aryl methyl sites for hydroxylation is 1. The van der Waals surface area contributed by atoms with Gasteiger partial charge in [-0.2, -0.15) is 13.9 Å². The zero-order valence-corrected chi connectivity index (χ0v) is 14.4. The number of cyclic esters (lactones) is 1. The summed E-state index contributed by atoms with van der Waals surface area (Å²) < 4.78 is 35.5. The van der Waals surface area contributed by atoms with E-state index in [0.29, 0.717) is 5.56 Å². The molecule has 0 saturated carbocycles. The van der Waals surface area contributed by atoms with Gasteiger partial charge < -0.3 is 9.47 Å². The molecule has 26 heavy (non-hydrogen) atoms. The van der Waals surface area contributed by atoms with E-state index in [0.717, 1.165) is 11.3 Å². The lowest BCUT2D eigenvalue weighted by Crippen LogP contribution is -2.06. The number of hydrogen-bond donors (Lipinski definition) is 0. The van der Waals surface area contributed by atoms with Crippen LogP contribution < -0.4 is 4.74 Å². The van der Waals surface area contributed by atoms with E-state index in [1.807, 2.05) is 13.8 Å². The van der Waals surface area contributed by atoms with Crippen LogP contribution in [0.25, 0.3) is 6.08 Å². The molecule has 1 aliphatic rings. The monoisotopic (exact) mass is 361 g/mol. The van der Waals surface area contributed by atoms with Crippen molar-refractivity contribution in [2.45, 2.75) is 26.4 Å². The number of hydrogen-bond acceptors (Lipinski definition) is 5. The number of esters is 1. The summed E-state index contributed by atoms with van der Waals surface area (Å²) >= 11 is 0. The SMILES string of the molecule is CC(C)c1nn(C)cc1/C=C1\N=C(c2ccc(OC(F)F)cc2)OC1=O. The largest absolute Gasteiger partial charge is 0.435 e. The van der Waals surface area contributed by atoms with Gasteiger partial charge in [0.15, 0.2) is 5.70 Å². The van der Waals surface area contributed by atoms with Crippen molar-refractivity contribution in [3.05, 3.63) is 53.0 Å². The van der Waals surface area contributed by atoms with Gasteiger partial charge in [-0.3, -0.25) is 4.68 Å². The first-order chi connectivity index (χ1) is 12.3. The highest BCUT2D eigenvalue weighted by atomic mass is 19.3. The average molecular weight is 361 g/mol. The number of alkyl halides is 2. The van der Waals surface area contributed by atoms with Gasteiger partial charge in [-0.05, 0) is 36.3 Å². The Hall–Kier alpha value is -3.03. The van der Waals surface area contributed by atoms with Gasteiger partial charge in [0, 0.05) is 24.4 Å². The lowest BCUT2D eigenvalue weighted by atomic mass is 10.1. The zero-order valence-electron chi connectivity index (χ0n) is 14.4. The number of carbonyl (C=O) groups excluding carboxylic acids is 1. The first kappa shape index (κ1) is 17.8. The highest BCUT2D eigenvalue weighted by Gasteiger charge is 2.25. The fraction of sp³-hybridized carbons (Fsp3) is 0.278. The second-order valence-electron chi connectivity index (χ2n) is 6.04. The van der Waals surface area contributed by atoms with Crippen LogP contribution in [0.4, 0.5) is 8.78 Å². The first-order valence-corrected chi connectivity index (χ1v) is 7.95. The Bertz CT molecular complexity index is 884. The quantitative estimate of drug-likeness (QED) is 0.604. The molecular weight excluding hydrogens is 344 g/mol. The molecule has 0 fully saturated rings. The summed E-state index contributed by atoms with van der Waals surface area (Å²) in [7, 11) is 1.80. The van der Waals surface area contributed by atoms with Gasteiger partial charge in [0.05, 0.1) is 5.69 Å². The Morgan fingerprint density at radius 2 is 1.92 bits per heavy atom. The molecule has 1 aromatic heterocycles. The van der Waals surface area contributed by atoms with Crippen LogP contribution in [0.15, 0.2) is 41.2 Å². The summed E-state index contributed by atoms with van der Waals surface area (Å²) in [4.78, 5) is 16.3. The van der Waals surface area contributed by atoms with Crippen LogP contribution >= 0.6 is 0 Å². The molecule has 0 atom stereocenters. The van der Waals surface area contributed by atoms with Crippen LogP contribution in [0.2, 0.25) is 0 Å². The van der Waals surface area contributed by atoms with E-state index >= 15 is 0 Å². The van der Waals surface area contributed by atoms with Crippen molar-refractivity contribution in [3.8, 4) is 5.75 Å². The molecule has 0 bridgehead atoms. The van der Waals surface area contributed by atoms with Crippen molar-refractivity contribution < 1.29 is 23.0 Å². The fourth-order valence-electron chi connectivity index (χ4n) is 2.54. The van der Waals surface area contributed by atoms with E-state index in [1.54, 1.807) is 24.0 Å². The van der Waals surface area contributed by atoms with Crippen LogP contribution in [0.3, 0.4) is 0 Å². The number of aromatic nitrogens is 2. The summed E-state index contributed by atoms with van der Waals surface area (Å²) in [5.74, 6) is -0.265. The van der Waals surface area contributed by atoms with E-state index in [2.05, 4.69) is 14.8 Å². The molecule has 6 nitrogen and oxygen atoms in total. The second kappa shape index (κ2) is 7.07. The number of ether oxygens (including phenoxy) is 2. The van der Waals surface area contributed by atoms with Crippen LogP contribution in [-0.4, -0.2) is 28.3 Å². The highest BCUT2D eigenvalue weighted by Crippen LogP contribution is 2.24. The summed E-state index contributed by atoms with van der Waals surface area (Å²) in [5.41, 5.74) is 2.28. The van der Waals surface area contributed by atoms with Crippen LogP contribution in [0.5, 0.6) is 5.75 Å². The minimum absolute atomic E-state index is 0.0152. The summed E-state index contributed by atoms with van der Waals surface area (Å²) in [6.07, 6.45) is 3.44. The van der Waals surface area contributed by atoms with Crippen molar-refractivity contribution >= 4 is 17.9 Å². The lowest BCUT2D eigenvalue weighted by Gasteiger charge is -2.04. The molecular formula is C18H17F2N3O3. The third-order valence-corrected chi connectivity index (χ3v) is 3.67. The second-order valence-corrected chi connectivity index (χ2v) is 6.04. The standard InChI is InChI=1S/C18H17F2N3O3/c1-10(2)15-12(9-23(3)22-15)8-14-17(24)26-16(21-14)11-4-6-13(7-5-11)25-18(19)20/h4-10,18H,1-3H3/b14-8-. The maximum atomic E-state index is 12.2. The molecule has 0 spiro atoms. The molecule has 0 N–H and O–H groups in total. The van der Waals surface area contributed by atoms with E-state index < -0.39 is 12.6 Å². The molecule has 136 valence electrons. The van der Waals surface area contributed by atoms with Crippen LogP contribution in [0, 0.1) is 0 Å². The summed E-state index contributed by atoms with van der Waals surface area (Å²) in [5, 5.41) is 4.38. The van der Waals surface area contributed by atoms with Crippen molar-refractivity contribution in [1.29, 1.82) is 0 Å². The Labute approximate surface area is 148 Å². The van der Waals surface area contributed by atoms with Gasteiger partial charge in [0.1, 0.15) is 5.75 Å². The van der Waals surface area contributed by atoms with Crippen molar-refractivity contribution in [1.82, 2.24) is 9.78 Å². The Balaban J connectivity index is 1.87. The highest BCUT2D eigenvalue weighted by molar-refractivity contribution is 6.12. The molecule has 0 radical (unpaired) electrons. The van der Waals surface area contributed by atoms with Crippen LogP contribution in [0.1, 0.15) is 36.6 Å². The van der Waals surface area contributed by atoms with Gasteiger partial charge in [0.2, 0.25) is 5.90 Å². The molecule has 0 unspecified atom stereocenters. The predicted octanol–water partition coefficient (Wildman–Crippen LogP) is 3.49. The van der Waals surface area contributed by atoms with Gasteiger partial charge in [-0.25, -0.2) is 9.79 Å².